The van der Waals surface area contributed by atoms with Crippen LogP contribution in [0.25, 0.3) is 0 Å². The van der Waals surface area contributed by atoms with E-state index in [9.17, 15) is 5.11 Å². The Labute approximate surface area is 161 Å². The Morgan fingerprint density at radius 2 is 2.04 bits per heavy atom. The van der Waals surface area contributed by atoms with Gasteiger partial charge in [-0.25, -0.2) is 0 Å². The molecule has 2 aliphatic heterocycles. The first-order valence-electron chi connectivity index (χ1n) is 8.71. The Balaban J connectivity index is 0.00000208. The van der Waals surface area contributed by atoms with E-state index in [0.29, 0.717) is 5.92 Å². The van der Waals surface area contributed by atoms with E-state index in [4.69, 9.17) is 9.73 Å². The number of aliphatic imine (C=N–C) groups is 1. The highest BCUT2D eigenvalue weighted by molar-refractivity contribution is 14.0. The largest absolute Gasteiger partial charge is 0.493 e. The second kappa shape index (κ2) is 9.46. The molecule has 1 aromatic carbocycles. The minimum atomic E-state index is -0.156. The molecule has 0 bridgehead atoms. The zero-order valence-electron chi connectivity index (χ0n) is 14.3. The number of halogens is 1. The number of aliphatic hydroxyl groups is 1. The lowest BCUT2D eigenvalue weighted by molar-refractivity contribution is 0.108. The number of hydrogen-bond donors (Lipinski definition) is 2. The SMILES string of the molecule is CCNC(=NCC1CCOc2ccccc21)N1CCC(O)CC1.I. The summed E-state index contributed by atoms with van der Waals surface area (Å²) >= 11 is 0. The molecule has 3 rings (SSSR count). The van der Waals surface area contributed by atoms with Crippen LogP contribution in [0.15, 0.2) is 29.3 Å². The van der Waals surface area contributed by atoms with Crippen molar-refractivity contribution in [3.63, 3.8) is 0 Å². The van der Waals surface area contributed by atoms with E-state index in [2.05, 4.69) is 29.3 Å². The van der Waals surface area contributed by atoms with Crippen LogP contribution in [0.3, 0.4) is 0 Å². The van der Waals surface area contributed by atoms with Gasteiger partial charge in [-0.05, 0) is 37.8 Å². The lowest BCUT2D eigenvalue weighted by Gasteiger charge is -2.33. The minimum absolute atomic E-state index is 0. The molecule has 5 nitrogen and oxygen atoms in total. The molecule has 0 radical (unpaired) electrons. The summed E-state index contributed by atoms with van der Waals surface area (Å²) < 4.78 is 5.73. The third-order valence-electron chi connectivity index (χ3n) is 4.64. The first-order valence-corrected chi connectivity index (χ1v) is 8.71. The van der Waals surface area contributed by atoms with Crippen LogP contribution in [0, 0.1) is 0 Å². The minimum Gasteiger partial charge on any atom is -0.493 e. The number of piperidine rings is 1. The Morgan fingerprint density at radius 3 is 2.79 bits per heavy atom. The summed E-state index contributed by atoms with van der Waals surface area (Å²) in [4.78, 5) is 7.14. The van der Waals surface area contributed by atoms with E-state index in [1.165, 1.54) is 5.56 Å². The zero-order chi connectivity index (χ0) is 16.1. The standard InChI is InChI=1S/C18H27N3O2.HI/c1-2-19-18(21-10-7-15(22)8-11-21)20-13-14-9-12-23-17-6-4-3-5-16(14)17;/h3-6,14-15,22H,2,7-13H2,1H3,(H,19,20);1H. The van der Waals surface area contributed by atoms with Crippen molar-refractivity contribution < 1.29 is 9.84 Å². The molecule has 1 unspecified atom stereocenters. The molecule has 2 heterocycles. The Hall–Kier alpha value is -1.02. The number of guanidine groups is 1. The number of rotatable bonds is 3. The van der Waals surface area contributed by atoms with E-state index in [0.717, 1.165) is 63.8 Å². The predicted molar refractivity (Wildman–Crippen MR) is 108 cm³/mol. The molecule has 6 heteroatoms. The van der Waals surface area contributed by atoms with Crippen molar-refractivity contribution in [2.75, 3.05) is 32.8 Å². The summed E-state index contributed by atoms with van der Waals surface area (Å²) in [5.41, 5.74) is 1.27. The fraction of sp³-hybridized carbons (Fsp3) is 0.611. The van der Waals surface area contributed by atoms with Gasteiger partial charge in [-0.3, -0.25) is 4.99 Å². The number of likely N-dealkylation sites (tertiary alicyclic amines) is 1. The Morgan fingerprint density at radius 1 is 1.29 bits per heavy atom. The number of nitrogens with zero attached hydrogens (tertiary/aromatic N) is 2. The van der Waals surface area contributed by atoms with E-state index < -0.39 is 0 Å². The average Bonchev–Trinajstić information content (AvgIpc) is 2.59. The van der Waals surface area contributed by atoms with Crippen molar-refractivity contribution in [1.82, 2.24) is 10.2 Å². The molecule has 2 N–H and O–H groups in total. The highest BCUT2D eigenvalue weighted by Crippen LogP contribution is 2.33. The summed E-state index contributed by atoms with van der Waals surface area (Å²) in [7, 11) is 0. The van der Waals surface area contributed by atoms with Crippen LogP contribution in [0.2, 0.25) is 0 Å². The van der Waals surface area contributed by atoms with Gasteiger partial charge in [0.2, 0.25) is 0 Å². The number of benzene rings is 1. The fourth-order valence-corrected chi connectivity index (χ4v) is 3.31. The summed E-state index contributed by atoms with van der Waals surface area (Å²) in [6.07, 6.45) is 2.50. The number of para-hydroxylation sites is 1. The van der Waals surface area contributed by atoms with Gasteiger partial charge < -0.3 is 20.1 Å². The van der Waals surface area contributed by atoms with Gasteiger partial charge in [-0.15, -0.1) is 24.0 Å². The van der Waals surface area contributed by atoms with Gasteiger partial charge in [0.05, 0.1) is 12.7 Å². The maximum absolute atomic E-state index is 9.68. The van der Waals surface area contributed by atoms with Crippen LogP contribution < -0.4 is 10.1 Å². The van der Waals surface area contributed by atoms with E-state index >= 15 is 0 Å². The number of aliphatic hydroxyl groups excluding tert-OH is 1. The van der Waals surface area contributed by atoms with Crippen LogP contribution in [-0.2, 0) is 0 Å². The quantitative estimate of drug-likeness (QED) is 0.427. The predicted octanol–water partition coefficient (Wildman–Crippen LogP) is 2.59. The average molecular weight is 445 g/mol. The van der Waals surface area contributed by atoms with E-state index in [-0.39, 0.29) is 30.1 Å². The highest BCUT2D eigenvalue weighted by atomic mass is 127. The lowest BCUT2D eigenvalue weighted by Crippen LogP contribution is -2.46. The molecule has 1 atom stereocenters. The fourth-order valence-electron chi connectivity index (χ4n) is 3.31. The third-order valence-corrected chi connectivity index (χ3v) is 4.64. The first-order chi connectivity index (χ1) is 11.3. The first kappa shape index (κ1) is 19.3. The molecule has 134 valence electrons. The van der Waals surface area contributed by atoms with Gasteiger partial charge >= 0.3 is 0 Å². The maximum Gasteiger partial charge on any atom is 0.193 e. The van der Waals surface area contributed by atoms with Gasteiger partial charge in [-0.1, -0.05) is 18.2 Å². The van der Waals surface area contributed by atoms with E-state index in [1.807, 2.05) is 12.1 Å². The molecule has 0 amide bonds. The smallest absolute Gasteiger partial charge is 0.193 e. The number of ether oxygens (including phenoxy) is 1. The van der Waals surface area contributed by atoms with E-state index in [1.54, 1.807) is 0 Å². The van der Waals surface area contributed by atoms with Crippen LogP contribution in [0.4, 0.5) is 0 Å². The van der Waals surface area contributed by atoms with Gasteiger partial charge in [0.15, 0.2) is 5.96 Å². The van der Waals surface area contributed by atoms with Crippen LogP contribution >= 0.6 is 24.0 Å². The third kappa shape index (κ3) is 4.75. The summed E-state index contributed by atoms with van der Waals surface area (Å²) in [5.74, 6) is 2.40. The van der Waals surface area contributed by atoms with Crippen molar-refractivity contribution in [3.8, 4) is 5.75 Å². The second-order valence-electron chi connectivity index (χ2n) is 6.28. The molecule has 1 aromatic rings. The zero-order valence-corrected chi connectivity index (χ0v) is 16.6. The molecule has 24 heavy (non-hydrogen) atoms. The number of fused-ring (bicyclic) bond motifs is 1. The molecule has 0 aliphatic carbocycles. The molecule has 1 saturated heterocycles. The van der Waals surface area contributed by atoms with Gasteiger partial charge in [0, 0.05) is 32.1 Å². The van der Waals surface area contributed by atoms with Crippen LogP contribution in [-0.4, -0.2) is 54.9 Å². The van der Waals surface area contributed by atoms with Gasteiger partial charge in [0.1, 0.15) is 5.75 Å². The molecule has 0 saturated carbocycles. The van der Waals surface area contributed by atoms with Crippen LogP contribution in [0.5, 0.6) is 5.75 Å². The molecule has 2 aliphatic rings. The van der Waals surface area contributed by atoms with Crippen LogP contribution in [0.1, 0.15) is 37.7 Å². The second-order valence-corrected chi connectivity index (χ2v) is 6.28. The molecular weight excluding hydrogens is 417 g/mol. The monoisotopic (exact) mass is 445 g/mol. The van der Waals surface area contributed by atoms with Crippen molar-refractivity contribution in [1.29, 1.82) is 0 Å². The van der Waals surface area contributed by atoms with Gasteiger partial charge in [0.25, 0.3) is 0 Å². The number of nitrogens with one attached hydrogen (secondary N) is 1. The Bertz CT molecular complexity index is 545. The summed E-state index contributed by atoms with van der Waals surface area (Å²) in [6, 6.07) is 8.29. The summed E-state index contributed by atoms with van der Waals surface area (Å²) in [6.45, 7) is 6.25. The van der Waals surface area contributed by atoms with Crippen molar-refractivity contribution >= 4 is 29.9 Å². The molecule has 0 spiro atoms. The highest BCUT2D eigenvalue weighted by Gasteiger charge is 2.23. The topological polar surface area (TPSA) is 57.1 Å². The molecular formula is C18H28IN3O2. The molecule has 1 fully saturated rings. The number of hydrogen-bond acceptors (Lipinski definition) is 3. The maximum atomic E-state index is 9.68. The normalized spacial score (nSPS) is 21.5. The lowest BCUT2D eigenvalue weighted by atomic mass is 9.93. The van der Waals surface area contributed by atoms with Crippen molar-refractivity contribution in [2.24, 2.45) is 4.99 Å². The molecule has 0 aromatic heterocycles. The van der Waals surface area contributed by atoms with Crippen molar-refractivity contribution in [3.05, 3.63) is 29.8 Å². The Kier molecular flexibility index (Phi) is 7.61. The van der Waals surface area contributed by atoms with Crippen molar-refractivity contribution in [2.45, 2.75) is 38.2 Å². The van der Waals surface area contributed by atoms with Gasteiger partial charge in [-0.2, -0.15) is 0 Å². The summed E-state index contributed by atoms with van der Waals surface area (Å²) in [5, 5.41) is 13.1.